The molecule has 7 rings (SSSR count). The van der Waals surface area contributed by atoms with E-state index in [2.05, 4.69) is 16.0 Å². The summed E-state index contributed by atoms with van der Waals surface area (Å²) < 4.78 is 39.9. The second kappa shape index (κ2) is 31.7. The van der Waals surface area contributed by atoms with Crippen molar-refractivity contribution in [1.82, 2.24) is 25.1 Å². The van der Waals surface area contributed by atoms with Crippen LogP contribution in [0.5, 0.6) is 5.75 Å². The molecule has 2 aromatic carbocycles. The van der Waals surface area contributed by atoms with Crippen molar-refractivity contribution < 1.29 is 91.0 Å². The number of hydroxylamine groups is 2. The Labute approximate surface area is 539 Å². The van der Waals surface area contributed by atoms with Gasteiger partial charge in [-0.2, -0.15) is 0 Å². The average molecular weight is 1310 g/mol. The number of amides is 8. The number of carbonyl (C=O) groups excluding carboxylic acids is 10. The molecule has 5 aliphatic rings. The van der Waals surface area contributed by atoms with Crippen LogP contribution in [0, 0.1) is 17.3 Å². The Morgan fingerprint density at radius 1 is 0.902 bits per heavy atom. The van der Waals surface area contributed by atoms with Crippen LogP contribution in [0.4, 0.5) is 36.2 Å². The molecule has 27 nitrogen and oxygen atoms in total. The molecule has 3 fully saturated rings. The summed E-state index contributed by atoms with van der Waals surface area (Å²) in [6.07, 6.45) is 6.97. The molecule has 9 atom stereocenters. The van der Waals surface area contributed by atoms with Gasteiger partial charge in [-0.05, 0) is 106 Å². The highest BCUT2D eigenvalue weighted by molar-refractivity contribution is 6.35. The first kappa shape index (κ1) is 71.0. The van der Waals surface area contributed by atoms with Crippen molar-refractivity contribution in [2.45, 2.75) is 148 Å². The Hall–Kier alpha value is -8.43. The van der Waals surface area contributed by atoms with Crippen LogP contribution in [-0.2, 0) is 75.1 Å². The number of benzene rings is 2. The minimum atomic E-state index is -1.86. The largest absolute Gasteiger partial charge is 0.495 e. The van der Waals surface area contributed by atoms with E-state index in [1.807, 2.05) is 39.0 Å². The molecule has 2 saturated heterocycles. The van der Waals surface area contributed by atoms with Crippen molar-refractivity contribution in [2.24, 2.45) is 17.3 Å². The number of nitrogens with zero attached hydrogens (tertiary/aromatic N) is 5. The van der Waals surface area contributed by atoms with E-state index in [1.54, 1.807) is 37.4 Å². The lowest BCUT2D eigenvalue weighted by Gasteiger charge is -2.42. The summed E-state index contributed by atoms with van der Waals surface area (Å²) in [5.74, 6) is -4.50. The second-order valence-electron chi connectivity index (χ2n) is 24.2. The van der Waals surface area contributed by atoms with E-state index >= 15 is 0 Å². The Morgan fingerprint density at radius 2 is 1.61 bits per heavy atom. The third-order valence-electron chi connectivity index (χ3n) is 17.4. The molecule has 2 aliphatic carbocycles. The zero-order valence-electron chi connectivity index (χ0n) is 53.7. The Kier molecular flexibility index (Phi) is 24.5. The van der Waals surface area contributed by atoms with Crippen molar-refractivity contribution in [3.05, 3.63) is 82.4 Å². The number of halogens is 1. The molecule has 502 valence electrons. The van der Waals surface area contributed by atoms with Crippen molar-refractivity contribution in [1.29, 1.82) is 0 Å². The van der Waals surface area contributed by atoms with Gasteiger partial charge < -0.3 is 68.0 Å². The predicted octanol–water partition coefficient (Wildman–Crippen LogP) is 7.57. The first-order chi connectivity index (χ1) is 43.6. The number of anilines is 3. The van der Waals surface area contributed by atoms with Gasteiger partial charge in [-0.1, -0.05) is 67.8 Å². The molecule has 2 aromatic rings. The standard InChI is InChI=1S/C64H85ClN8O19/c1-38-17-16-20-50(86-10)64(84)35-49(90-60(81)68-64)39(2)44-34-63(44,4)51(33-55(77)72(8)47-31-42(29-38)32-48(85-9)57(47)65)91-58(79)40(3)71(7)52(74)25-28-87-61(82)69(5)26-27-70(6)62(83)88-37-41-21-22-45(67-59(80)89-43-18-14-12-11-13-15-19-43)46(30-41)66-36-56(78)92-73-53(75)23-24-54(73)76/h14,16-18,20-22,30-32,39-40,43-44,49-51,66,84H,11-13,15,19,23-29,33-37H2,1-10H3,(H,67,80)(H,68,81)/b18-14+,20-16+,38-17+/t39-,40-,43?,44-,49-,50+,51-,63?,64-/m0/s1. The third kappa shape index (κ3) is 18.4. The summed E-state index contributed by atoms with van der Waals surface area (Å²) in [6, 6.07) is 6.95. The van der Waals surface area contributed by atoms with Gasteiger partial charge in [-0.3, -0.25) is 29.8 Å². The fourth-order valence-corrected chi connectivity index (χ4v) is 11.7. The number of alkyl carbamates (subject to hydrolysis) is 1. The lowest BCUT2D eigenvalue weighted by atomic mass is 9.83. The third-order valence-corrected chi connectivity index (χ3v) is 17.8. The number of aliphatic hydroxyl groups is 1. The fourth-order valence-electron chi connectivity index (χ4n) is 11.4. The summed E-state index contributed by atoms with van der Waals surface area (Å²) in [5, 5.41) is 20.6. The van der Waals surface area contributed by atoms with Crippen LogP contribution < -0.4 is 25.6 Å². The summed E-state index contributed by atoms with van der Waals surface area (Å²) in [7, 11) is 8.71. The Balaban J connectivity index is 0.925. The summed E-state index contributed by atoms with van der Waals surface area (Å²) in [6.45, 7) is 5.89. The number of allylic oxidation sites excluding steroid dienone is 4. The molecule has 28 heteroatoms. The molecule has 3 aliphatic heterocycles. The van der Waals surface area contributed by atoms with E-state index in [-0.39, 0.29) is 80.7 Å². The number of fused-ring (bicyclic) bond motifs is 5. The molecule has 92 heavy (non-hydrogen) atoms. The SMILES string of the molecule is COc1cc2cc(c1Cl)N(C)C(=O)C[C@H](OC(=O)[C@H](C)N(C)C(=O)CCOC(=O)N(C)CCN(C)C(=O)OCc1ccc(NC(=O)OC3/C=C/CCCCC3)c(NCC(=O)ON3C(=O)CCC3=O)c1)C1(C)C[C@H]1[C@H](C)[C@@H]1C[C@@](O)(NC(=O)O1)[C@H](OC)/C=C/C=C(\C)C2. The van der Waals surface area contributed by atoms with Gasteiger partial charge in [-0.15, -0.1) is 5.06 Å². The minimum absolute atomic E-state index is 0.0138. The molecule has 1 saturated carbocycles. The zero-order valence-corrected chi connectivity index (χ0v) is 54.5. The van der Waals surface area contributed by atoms with Crippen LogP contribution in [0.1, 0.15) is 109 Å². The number of carbonyl (C=O) groups is 10. The Morgan fingerprint density at radius 3 is 2.30 bits per heavy atom. The molecular formula is C64H85ClN8O19. The van der Waals surface area contributed by atoms with Crippen molar-refractivity contribution in [3.8, 4) is 5.75 Å². The molecule has 4 bridgehead atoms. The number of hydrogen-bond acceptors (Lipinski definition) is 20. The number of esters is 1. The molecule has 0 spiro atoms. The van der Waals surface area contributed by atoms with Gasteiger partial charge in [0, 0.05) is 73.1 Å². The first-order valence-corrected chi connectivity index (χ1v) is 31.0. The second-order valence-corrected chi connectivity index (χ2v) is 24.6. The average Bonchev–Trinajstić information content (AvgIpc) is 1.57. The topological polar surface area (TPSA) is 317 Å². The van der Waals surface area contributed by atoms with E-state index in [1.165, 1.54) is 69.1 Å². The van der Waals surface area contributed by atoms with Gasteiger partial charge in [0.25, 0.3) is 11.8 Å². The van der Waals surface area contributed by atoms with Crippen LogP contribution in [0.25, 0.3) is 0 Å². The number of imide groups is 1. The lowest BCUT2D eigenvalue weighted by molar-refractivity contribution is -0.196. The number of ether oxygens (including phenoxy) is 7. The normalized spacial score (nSPS) is 25.7. The van der Waals surface area contributed by atoms with E-state index in [0.717, 1.165) is 41.7 Å². The zero-order chi connectivity index (χ0) is 67.2. The molecule has 4 N–H and O–H groups in total. The molecule has 0 aromatic heterocycles. The van der Waals surface area contributed by atoms with Gasteiger partial charge in [0.2, 0.25) is 11.8 Å². The highest BCUT2D eigenvalue weighted by atomic mass is 35.5. The number of hydrogen-bond donors (Lipinski definition) is 4. The summed E-state index contributed by atoms with van der Waals surface area (Å²) >= 11 is 6.85. The lowest BCUT2D eigenvalue weighted by Crippen LogP contribution is -2.63. The molecule has 3 heterocycles. The quantitative estimate of drug-likeness (QED) is 0.0456. The molecule has 2 unspecified atom stereocenters. The van der Waals surface area contributed by atoms with E-state index in [0.29, 0.717) is 41.3 Å². The van der Waals surface area contributed by atoms with Crippen molar-refractivity contribution in [2.75, 3.05) is 84.2 Å². The van der Waals surface area contributed by atoms with Crippen LogP contribution in [-0.4, -0.2) is 190 Å². The summed E-state index contributed by atoms with van der Waals surface area (Å²) in [4.78, 5) is 141. The van der Waals surface area contributed by atoms with Crippen molar-refractivity contribution >= 4 is 88.6 Å². The summed E-state index contributed by atoms with van der Waals surface area (Å²) in [5.41, 5.74) is 0.101. The monoisotopic (exact) mass is 1300 g/mol. The maximum absolute atomic E-state index is 14.5. The maximum Gasteiger partial charge on any atom is 0.412 e. The van der Waals surface area contributed by atoms with Gasteiger partial charge in [0.15, 0.2) is 5.72 Å². The van der Waals surface area contributed by atoms with Crippen LogP contribution in [0.15, 0.2) is 66.3 Å². The maximum atomic E-state index is 14.5. The molecular weight excluding hydrogens is 1220 g/mol. The molecule has 0 radical (unpaired) electrons. The van der Waals surface area contributed by atoms with Crippen LogP contribution >= 0.6 is 11.6 Å². The number of rotatable bonds is 19. The first-order valence-electron chi connectivity index (χ1n) is 30.7. The van der Waals surface area contributed by atoms with Crippen LogP contribution in [0.3, 0.4) is 0 Å². The highest BCUT2D eigenvalue weighted by Crippen LogP contribution is 2.61. The smallest absolute Gasteiger partial charge is 0.412 e. The molecule has 8 amide bonds. The predicted molar refractivity (Wildman–Crippen MR) is 334 cm³/mol. The Bertz CT molecular complexity index is 3180. The van der Waals surface area contributed by atoms with Gasteiger partial charge in [0.05, 0.1) is 37.0 Å². The number of nitrogens with one attached hydrogen (secondary N) is 3. The van der Waals surface area contributed by atoms with E-state index < -0.39 is 114 Å². The highest BCUT2D eigenvalue weighted by Gasteiger charge is 2.62. The van der Waals surface area contributed by atoms with E-state index in [9.17, 15) is 53.1 Å². The van der Waals surface area contributed by atoms with Crippen LogP contribution in [0.2, 0.25) is 5.02 Å². The fraction of sp³-hybridized carbons (Fsp3) is 0.562. The number of methoxy groups -OCH3 is 2. The minimum Gasteiger partial charge on any atom is -0.495 e. The van der Waals surface area contributed by atoms with Gasteiger partial charge >= 0.3 is 36.3 Å². The number of likely N-dealkylation sites (N-methyl/N-ethyl adjacent to an activating group) is 3. The van der Waals surface area contributed by atoms with Gasteiger partial charge in [-0.25, -0.2) is 28.8 Å². The van der Waals surface area contributed by atoms with E-state index in [4.69, 9.17) is 49.6 Å². The van der Waals surface area contributed by atoms with Crippen molar-refractivity contribution in [3.63, 3.8) is 0 Å². The van der Waals surface area contributed by atoms with Gasteiger partial charge in [0.1, 0.15) is 61.0 Å².